The number of unbranched alkanes of at least 4 members (excludes halogenated alkanes) is 11. The zero-order valence-electron chi connectivity index (χ0n) is 41.8. The van der Waals surface area contributed by atoms with Crippen molar-refractivity contribution in [2.75, 3.05) is 26.4 Å². The minimum absolute atomic E-state index is 0.0376. The predicted octanol–water partition coefficient (Wildman–Crippen LogP) is 15.8. The fraction of sp³-hybridized carbons (Fsp3) is 0.579. The van der Waals surface area contributed by atoms with E-state index in [0.717, 1.165) is 103 Å². The highest BCUT2D eigenvalue weighted by atomic mass is 31.2. The van der Waals surface area contributed by atoms with Crippen LogP contribution in [0.2, 0.25) is 0 Å². The summed E-state index contributed by atoms with van der Waals surface area (Å²) in [5.41, 5.74) is 5.36. The van der Waals surface area contributed by atoms with E-state index in [0.29, 0.717) is 12.8 Å². The molecule has 0 amide bonds. The average Bonchev–Trinajstić information content (AvgIpc) is 3.32. The zero-order valence-corrected chi connectivity index (χ0v) is 42.7. The Morgan fingerprint density at radius 3 is 1.19 bits per heavy atom. The van der Waals surface area contributed by atoms with Crippen LogP contribution in [0.5, 0.6) is 0 Å². The van der Waals surface area contributed by atoms with Crippen molar-refractivity contribution in [1.82, 2.24) is 0 Å². The van der Waals surface area contributed by atoms with Gasteiger partial charge in [-0.15, -0.1) is 0 Å². The van der Waals surface area contributed by atoms with Crippen LogP contribution in [0, 0.1) is 0 Å². The van der Waals surface area contributed by atoms with Crippen molar-refractivity contribution in [2.45, 2.75) is 187 Å². The van der Waals surface area contributed by atoms with Crippen molar-refractivity contribution < 1.29 is 37.6 Å². The number of phosphoric ester groups is 1. The SMILES string of the molecule is CC/C=C\C/C=C\C/C=C\C/C=C\C/C=C\C/C=C\CCCCCCCCCCCCC(=O)OC(COC(=O)CCC/C=C\C/C=C\C/C=C\C/C=C\C/C=C\CC)COP(=O)(O)OCCN. The molecule has 3 N–H and O–H groups in total. The minimum atomic E-state index is -4.41. The van der Waals surface area contributed by atoms with Gasteiger partial charge in [-0.25, -0.2) is 4.57 Å². The average molecular weight is 950 g/mol. The molecule has 0 aliphatic heterocycles. The largest absolute Gasteiger partial charge is 0.472 e. The van der Waals surface area contributed by atoms with Gasteiger partial charge in [-0.05, 0) is 103 Å². The van der Waals surface area contributed by atoms with Gasteiger partial charge < -0.3 is 20.1 Å². The third-order valence-corrected chi connectivity index (χ3v) is 11.0. The smallest absolute Gasteiger partial charge is 0.462 e. The normalized spacial score (nSPS) is 14.3. The Morgan fingerprint density at radius 1 is 0.448 bits per heavy atom. The van der Waals surface area contributed by atoms with E-state index in [1.807, 2.05) is 6.08 Å². The highest BCUT2D eigenvalue weighted by Crippen LogP contribution is 2.43. The molecule has 0 aromatic carbocycles. The summed E-state index contributed by atoms with van der Waals surface area (Å²) in [6, 6.07) is 0. The lowest BCUT2D eigenvalue weighted by molar-refractivity contribution is -0.161. The first-order valence-electron chi connectivity index (χ1n) is 25.7. The zero-order chi connectivity index (χ0) is 48.8. The summed E-state index contributed by atoms with van der Waals surface area (Å²) >= 11 is 0. The van der Waals surface area contributed by atoms with Crippen molar-refractivity contribution >= 4 is 19.8 Å². The van der Waals surface area contributed by atoms with Gasteiger partial charge in [0, 0.05) is 19.4 Å². The Morgan fingerprint density at radius 2 is 0.791 bits per heavy atom. The Labute approximate surface area is 408 Å². The van der Waals surface area contributed by atoms with Gasteiger partial charge in [0.2, 0.25) is 0 Å². The Bertz CT molecular complexity index is 1550. The lowest BCUT2D eigenvalue weighted by Crippen LogP contribution is -2.29. The van der Waals surface area contributed by atoms with E-state index in [1.54, 1.807) is 0 Å². The first-order valence-corrected chi connectivity index (χ1v) is 27.2. The van der Waals surface area contributed by atoms with E-state index in [9.17, 15) is 19.0 Å². The lowest BCUT2D eigenvalue weighted by Gasteiger charge is -2.19. The highest BCUT2D eigenvalue weighted by molar-refractivity contribution is 7.47. The van der Waals surface area contributed by atoms with Crippen LogP contribution < -0.4 is 5.73 Å². The highest BCUT2D eigenvalue weighted by Gasteiger charge is 2.26. The van der Waals surface area contributed by atoms with Crippen LogP contribution in [0.15, 0.2) is 134 Å². The quantitative estimate of drug-likeness (QED) is 0.0265. The summed E-state index contributed by atoms with van der Waals surface area (Å²) in [5.74, 6) is -0.913. The molecular weight excluding hydrogens is 858 g/mol. The third kappa shape index (κ3) is 51.4. The molecule has 10 heteroatoms. The lowest BCUT2D eigenvalue weighted by atomic mass is 10.0. The van der Waals surface area contributed by atoms with Crippen LogP contribution in [0.1, 0.15) is 181 Å². The summed E-state index contributed by atoms with van der Waals surface area (Å²) in [6.07, 6.45) is 72.1. The van der Waals surface area contributed by atoms with Gasteiger partial charge in [0.05, 0.1) is 13.2 Å². The number of hydrogen-bond acceptors (Lipinski definition) is 8. The van der Waals surface area contributed by atoms with Crippen molar-refractivity contribution in [3.05, 3.63) is 134 Å². The Kier molecular flexibility index (Phi) is 48.6. The van der Waals surface area contributed by atoms with Gasteiger partial charge in [0.25, 0.3) is 0 Å². The molecule has 0 aromatic rings. The van der Waals surface area contributed by atoms with Gasteiger partial charge in [-0.1, -0.05) is 199 Å². The molecule has 0 aliphatic rings. The first-order chi connectivity index (χ1) is 32.8. The number of allylic oxidation sites excluding steroid dienone is 22. The molecule has 2 unspecified atom stereocenters. The van der Waals surface area contributed by atoms with E-state index >= 15 is 0 Å². The number of carbonyl (C=O) groups is 2. The van der Waals surface area contributed by atoms with E-state index in [1.165, 1.54) is 38.5 Å². The molecule has 0 aromatic heterocycles. The van der Waals surface area contributed by atoms with Crippen molar-refractivity contribution in [3.8, 4) is 0 Å². The van der Waals surface area contributed by atoms with Crippen LogP contribution in [-0.4, -0.2) is 49.3 Å². The number of phosphoric acid groups is 1. The molecule has 0 spiro atoms. The third-order valence-electron chi connectivity index (χ3n) is 10.0. The maximum Gasteiger partial charge on any atom is 0.472 e. The van der Waals surface area contributed by atoms with E-state index < -0.39 is 32.5 Å². The number of esters is 2. The molecule has 9 nitrogen and oxygen atoms in total. The number of hydrogen-bond donors (Lipinski definition) is 2. The van der Waals surface area contributed by atoms with Crippen LogP contribution in [0.4, 0.5) is 0 Å². The molecule has 0 saturated heterocycles. The molecule has 0 bridgehead atoms. The fourth-order valence-electron chi connectivity index (χ4n) is 6.32. The second kappa shape index (κ2) is 51.5. The minimum Gasteiger partial charge on any atom is -0.462 e. The number of ether oxygens (including phenoxy) is 2. The topological polar surface area (TPSA) is 134 Å². The maximum atomic E-state index is 12.7. The summed E-state index contributed by atoms with van der Waals surface area (Å²) in [6.45, 7) is 3.42. The monoisotopic (exact) mass is 950 g/mol. The van der Waals surface area contributed by atoms with Gasteiger partial charge in [-0.3, -0.25) is 18.6 Å². The summed E-state index contributed by atoms with van der Waals surface area (Å²) in [5, 5.41) is 0. The first kappa shape index (κ1) is 63.1. The molecular formula is C57H92NO8P. The van der Waals surface area contributed by atoms with E-state index in [2.05, 4.69) is 141 Å². The van der Waals surface area contributed by atoms with Crippen LogP contribution in [0.25, 0.3) is 0 Å². The molecule has 2 atom stereocenters. The second-order valence-electron chi connectivity index (χ2n) is 16.3. The van der Waals surface area contributed by atoms with Gasteiger partial charge >= 0.3 is 19.8 Å². The Hall–Kier alpha value is -3.85. The molecule has 0 aliphatic carbocycles. The standard InChI is InChI=1S/C57H92NO8P/c1-3-5-7-9-11-13-15-17-19-21-22-23-24-25-26-27-28-29-30-31-32-34-36-38-40-42-44-46-48-50-57(60)66-55(54-65-67(61,62)64-52-51-58)53-63-56(59)49-47-45-43-41-39-37-35-33-20-18-16-14-12-10-8-6-4-2/h5-8,11-14,17-20,22-23,25-26,28-29,35,37,41,43,55H,3-4,9-10,15-16,21,24,27,30-34,36,38-40,42,44-54,58H2,1-2H3,(H,61,62)/b7-5-,8-6-,13-11-,14-12-,19-17-,20-18-,23-22-,26-25-,29-28-,37-35-,43-41-. The van der Waals surface area contributed by atoms with Gasteiger partial charge in [0.15, 0.2) is 6.10 Å². The molecule has 0 rings (SSSR count). The van der Waals surface area contributed by atoms with Gasteiger partial charge in [-0.2, -0.15) is 0 Å². The summed E-state index contributed by atoms with van der Waals surface area (Å²) in [7, 11) is -4.41. The Balaban J connectivity index is 4.13. The van der Waals surface area contributed by atoms with Crippen LogP contribution in [0.3, 0.4) is 0 Å². The summed E-state index contributed by atoms with van der Waals surface area (Å²) in [4.78, 5) is 35.0. The van der Waals surface area contributed by atoms with Crippen molar-refractivity contribution in [2.24, 2.45) is 5.73 Å². The number of carbonyl (C=O) groups excluding carboxylic acids is 2. The molecule has 0 fully saturated rings. The van der Waals surface area contributed by atoms with Crippen LogP contribution in [-0.2, 0) is 32.7 Å². The van der Waals surface area contributed by atoms with E-state index in [-0.39, 0.29) is 32.6 Å². The van der Waals surface area contributed by atoms with E-state index in [4.69, 9.17) is 24.3 Å². The fourth-order valence-corrected chi connectivity index (χ4v) is 7.09. The maximum absolute atomic E-state index is 12.7. The second-order valence-corrected chi connectivity index (χ2v) is 17.7. The summed E-state index contributed by atoms with van der Waals surface area (Å²) < 4.78 is 32.8. The molecule has 0 radical (unpaired) electrons. The van der Waals surface area contributed by atoms with Crippen molar-refractivity contribution in [3.63, 3.8) is 0 Å². The molecule has 67 heavy (non-hydrogen) atoms. The van der Waals surface area contributed by atoms with Crippen LogP contribution >= 0.6 is 7.82 Å². The predicted molar refractivity (Wildman–Crippen MR) is 284 cm³/mol. The molecule has 0 saturated carbocycles. The number of nitrogens with two attached hydrogens (primary N) is 1. The molecule has 378 valence electrons. The molecule has 0 heterocycles. The van der Waals surface area contributed by atoms with Gasteiger partial charge in [0.1, 0.15) is 6.61 Å². The number of rotatable bonds is 46. The van der Waals surface area contributed by atoms with Crippen molar-refractivity contribution in [1.29, 1.82) is 0 Å².